The van der Waals surface area contributed by atoms with Crippen molar-refractivity contribution in [3.8, 4) is 0 Å². The third-order valence-corrected chi connectivity index (χ3v) is 4.97. The molecule has 2 heterocycles. The second kappa shape index (κ2) is 5.31. The summed E-state index contributed by atoms with van der Waals surface area (Å²) in [5.74, 6) is 1.06. The zero-order valence-electron chi connectivity index (χ0n) is 10.6. The summed E-state index contributed by atoms with van der Waals surface area (Å²) in [4.78, 5) is 11.8. The fraction of sp³-hybridized carbons (Fsp3) is 0.231. The summed E-state index contributed by atoms with van der Waals surface area (Å²) in [5, 5.41) is 8.24. The lowest BCUT2D eigenvalue weighted by Gasteiger charge is -2.15. The zero-order chi connectivity index (χ0) is 14.3. The number of hydrogen-bond acceptors (Lipinski definition) is 3. The molecule has 1 atom stereocenters. The summed E-state index contributed by atoms with van der Waals surface area (Å²) in [6, 6.07) is 5.42. The van der Waals surface area contributed by atoms with Gasteiger partial charge >= 0.3 is 0 Å². The molecule has 0 aliphatic carbocycles. The molecule has 1 unspecified atom stereocenters. The largest absolute Gasteiger partial charge is 0.310 e. The lowest BCUT2D eigenvalue weighted by molar-refractivity contribution is -0.113. The number of aromatic nitrogens is 2. The number of fused-ring (bicyclic) bond motifs is 1. The first kappa shape index (κ1) is 13.8. The summed E-state index contributed by atoms with van der Waals surface area (Å²) < 4.78 is 1.66. The molecule has 7 heteroatoms. The van der Waals surface area contributed by atoms with Crippen molar-refractivity contribution in [1.29, 1.82) is 0 Å². The number of aryl methyl sites for hydroxylation is 1. The van der Waals surface area contributed by atoms with Crippen LogP contribution in [-0.2, 0) is 11.8 Å². The van der Waals surface area contributed by atoms with Gasteiger partial charge in [-0.1, -0.05) is 29.3 Å². The second-order valence-electron chi connectivity index (χ2n) is 4.48. The Morgan fingerprint density at radius 2 is 2.20 bits per heavy atom. The number of hydrogen-bond donors (Lipinski definition) is 1. The van der Waals surface area contributed by atoms with Crippen LogP contribution in [-0.4, -0.2) is 21.4 Å². The SMILES string of the molecule is Cn1ncc2c1NC(=O)CSC2c1ccc(Cl)cc1Cl. The molecular weight excluding hydrogens is 317 g/mol. The molecule has 1 amide bonds. The van der Waals surface area contributed by atoms with Gasteiger partial charge in [-0.15, -0.1) is 11.8 Å². The molecule has 0 spiro atoms. The number of carbonyl (C=O) groups excluding carboxylic acids is 1. The van der Waals surface area contributed by atoms with Crippen LogP contribution < -0.4 is 5.32 Å². The molecule has 0 fully saturated rings. The van der Waals surface area contributed by atoms with E-state index in [1.807, 2.05) is 6.07 Å². The Labute approximate surface area is 130 Å². The zero-order valence-corrected chi connectivity index (χ0v) is 12.9. The van der Waals surface area contributed by atoms with E-state index in [1.165, 1.54) is 11.8 Å². The highest BCUT2D eigenvalue weighted by Crippen LogP contribution is 2.43. The van der Waals surface area contributed by atoms with Crippen LogP contribution in [0.2, 0.25) is 10.0 Å². The Balaban J connectivity index is 2.11. The molecular formula is C13H11Cl2N3OS. The van der Waals surface area contributed by atoms with Gasteiger partial charge in [-0.3, -0.25) is 9.48 Å². The Morgan fingerprint density at radius 3 is 2.95 bits per heavy atom. The Kier molecular flexibility index (Phi) is 3.67. The maximum atomic E-state index is 11.8. The number of nitrogens with zero attached hydrogens (tertiary/aromatic N) is 2. The van der Waals surface area contributed by atoms with Gasteiger partial charge in [-0.25, -0.2) is 0 Å². The van der Waals surface area contributed by atoms with Gasteiger partial charge in [0.25, 0.3) is 0 Å². The highest BCUT2D eigenvalue weighted by molar-refractivity contribution is 8.00. The van der Waals surface area contributed by atoms with Crippen molar-refractivity contribution >= 4 is 46.7 Å². The van der Waals surface area contributed by atoms with Crippen molar-refractivity contribution in [2.75, 3.05) is 11.1 Å². The van der Waals surface area contributed by atoms with E-state index in [0.29, 0.717) is 15.8 Å². The van der Waals surface area contributed by atoms with Crippen molar-refractivity contribution < 1.29 is 4.79 Å². The number of benzene rings is 1. The number of halogens is 2. The van der Waals surface area contributed by atoms with Crippen LogP contribution in [0.5, 0.6) is 0 Å². The number of amides is 1. The summed E-state index contributed by atoms with van der Waals surface area (Å²) in [6.07, 6.45) is 1.77. The molecule has 1 aromatic carbocycles. The number of nitrogens with one attached hydrogen (secondary N) is 1. The van der Waals surface area contributed by atoms with E-state index in [0.717, 1.165) is 16.9 Å². The normalized spacial score (nSPS) is 18.4. The van der Waals surface area contributed by atoms with Crippen molar-refractivity contribution in [1.82, 2.24) is 9.78 Å². The van der Waals surface area contributed by atoms with Crippen LogP contribution in [0.25, 0.3) is 0 Å². The summed E-state index contributed by atoms with van der Waals surface area (Å²) in [6.45, 7) is 0. The minimum atomic E-state index is -0.0394. The maximum absolute atomic E-state index is 11.8. The molecule has 1 aromatic heterocycles. The Morgan fingerprint density at radius 1 is 1.40 bits per heavy atom. The minimum Gasteiger partial charge on any atom is -0.310 e. The molecule has 2 aromatic rings. The molecule has 104 valence electrons. The molecule has 0 radical (unpaired) electrons. The maximum Gasteiger partial charge on any atom is 0.235 e. The third kappa shape index (κ3) is 2.41. The quantitative estimate of drug-likeness (QED) is 0.871. The first-order valence-electron chi connectivity index (χ1n) is 5.94. The average Bonchev–Trinajstić information content (AvgIpc) is 2.65. The number of carbonyl (C=O) groups is 1. The van der Waals surface area contributed by atoms with E-state index in [2.05, 4.69) is 10.4 Å². The van der Waals surface area contributed by atoms with Gasteiger partial charge < -0.3 is 5.32 Å². The Bertz CT molecular complexity index is 686. The fourth-order valence-electron chi connectivity index (χ4n) is 2.19. The van der Waals surface area contributed by atoms with Gasteiger partial charge in [0.2, 0.25) is 5.91 Å². The molecule has 0 bridgehead atoms. The average molecular weight is 328 g/mol. The van der Waals surface area contributed by atoms with Gasteiger partial charge in [0.1, 0.15) is 5.82 Å². The fourth-order valence-corrected chi connectivity index (χ4v) is 3.90. The molecule has 0 saturated carbocycles. The monoisotopic (exact) mass is 327 g/mol. The minimum absolute atomic E-state index is 0.0348. The first-order valence-corrected chi connectivity index (χ1v) is 7.75. The van der Waals surface area contributed by atoms with Crippen molar-refractivity contribution in [2.45, 2.75) is 5.25 Å². The number of thioether (sulfide) groups is 1. The van der Waals surface area contributed by atoms with E-state index in [9.17, 15) is 4.79 Å². The summed E-state index contributed by atoms with van der Waals surface area (Å²) in [5.41, 5.74) is 1.89. The predicted octanol–water partition coefficient (Wildman–Crippen LogP) is 3.50. The van der Waals surface area contributed by atoms with Gasteiger partial charge in [0.05, 0.1) is 17.2 Å². The van der Waals surface area contributed by atoms with Crippen LogP contribution in [0.1, 0.15) is 16.4 Å². The number of anilines is 1. The lowest BCUT2D eigenvalue weighted by Crippen LogP contribution is -2.15. The van der Waals surface area contributed by atoms with Gasteiger partial charge in [-0.2, -0.15) is 5.10 Å². The number of rotatable bonds is 1. The van der Waals surface area contributed by atoms with E-state index < -0.39 is 0 Å². The third-order valence-electron chi connectivity index (χ3n) is 3.13. The van der Waals surface area contributed by atoms with Gasteiger partial charge in [0, 0.05) is 22.7 Å². The van der Waals surface area contributed by atoms with Crippen LogP contribution in [0.3, 0.4) is 0 Å². The van der Waals surface area contributed by atoms with Crippen LogP contribution in [0.4, 0.5) is 5.82 Å². The predicted molar refractivity (Wildman–Crippen MR) is 82.6 cm³/mol. The highest BCUT2D eigenvalue weighted by Gasteiger charge is 2.28. The molecule has 1 aliphatic heterocycles. The standard InChI is InChI=1S/C13H11Cl2N3OS/c1-18-13-9(5-16-18)12(20-6-11(19)17-13)8-3-2-7(14)4-10(8)15/h2-5,12H,6H2,1H3,(H,17,19). The van der Waals surface area contributed by atoms with Crippen LogP contribution >= 0.6 is 35.0 Å². The van der Waals surface area contributed by atoms with Gasteiger partial charge in [0.15, 0.2) is 0 Å². The van der Waals surface area contributed by atoms with Crippen molar-refractivity contribution in [3.63, 3.8) is 0 Å². The first-order chi connectivity index (χ1) is 9.56. The molecule has 20 heavy (non-hydrogen) atoms. The second-order valence-corrected chi connectivity index (χ2v) is 6.41. The highest BCUT2D eigenvalue weighted by atomic mass is 35.5. The molecule has 4 nitrogen and oxygen atoms in total. The topological polar surface area (TPSA) is 46.9 Å². The Hall–Kier alpha value is -1.17. The molecule has 0 saturated heterocycles. The van der Waals surface area contributed by atoms with E-state index in [-0.39, 0.29) is 11.2 Å². The van der Waals surface area contributed by atoms with Crippen molar-refractivity contribution in [2.24, 2.45) is 7.05 Å². The summed E-state index contributed by atoms with van der Waals surface area (Å²) >= 11 is 13.8. The van der Waals surface area contributed by atoms with E-state index >= 15 is 0 Å². The molecule has 1 N–H and O–H groups in total. The van der Waals surface area contributed by atoms with Crippen LogP contribution in [0.15, 0.2) is 24.4 Å². The molecule has 3 rings (SSSR count). The molecule has 1 aliphatic rings. The van der Waals surface area contributed by atoms with E-state index in [4.69, 9.17) is 23.2 Å². The van der Waals surface area contributed by atoms with Gasteiger partial charge in [-0.05, 0) is 17.7 Å². The lowest BCUT2D eigenvalue weighted by atomic mass is 10.1. The van der Waals surface area contributed by atoms with Crippen LogP contribution in [0, 0.1) is 0 Å². The van der Waals surface area contributed by atoms with E-state index in [1.54, 1.807) is 30.1 Å². The smallest absolute Gasteiger partial charge is 0.235 e. The van der Waals surface area contributed by atoms with Crippen molar-refractivity contribution in [3.05, 3.63) is 45.6 Å². The summed E-state index contributed by atoms with van der Waals surface area (Å²) in [7, 11) is 1.80.